The molecule has 0 amide bonds. The van der Waals surface area contributed by atoms with Gasteiger partial charge in [0.15, 0.2) is 0 Å². The Morgan fingerprint density at radius 1 is 1.30 bits per heavy atom. The van der Waals surface area contributed by atoms with Crippen molar-refractivity contribution in [2.24, 2.45) is 0 Å². The Bertz CT molecular complexity index is 342. The molecule has 120 valence electrons. The van der Waals surface area contributed by atoms with E-state index in [-0.39, 0.29) is 13.0 Å². The van der Waals surface area contributed by atoms with E-state index in [1.807, 2.05) is 21.1 Å². The van der Waals surface area contributed by atoms with E-state index in [9.17, 15) is 14.3 Å². The SMILES string of the molecule is CCC(=O)O[C@@H](CO)COP(=O)(O)OCC[N+](C)(C)C. The van der Waals surface area contributed by atoms with Crippen LogP contribution < -0.4 is 0 Å². The molecule has 0 rings (SSSR count). The van der Waals surface area contributed by atoms with Crippen molar-refractivity contribution < 1.29 is 37.6 Å². The summed E-state index contributed by atoms with van der Waals surface area (Å²) in [6, 6.07) is 0. The molecule has 2 atom stereocenters. The summed E-state index contributed by atoms with van der Waals surface area (Å²) in [6.45, 7) is 1.28. The number of aliphatic hydroxyl groups excluding tert-OH is 1. The molecule has 0 aromatic heterocycles. The van der Waals surface area contributed by atoms with E-state index in [0.29, 0.717) is 11.0 Å². The van der Waals surface area contributed by atoms with Crippen molar-refractivity contribution in [1.82, 2.24) is 0 Å². The van der Waals surface area contributed by atoms with Crippen LogP contribution in [0.3, 0.4) is 0 Å². The summed E-state index contributed by atoms with van der Waals surface area (Å²) in [4.78, 5) is 20.5. The number of ether oxygens (including phenoxy) is 1. The van der Waals surface area contributed by atoms with Crippen LogP contribution in [-0.4, -0.2) is 74.1 Å². The highest BCUT2D eigenvalue weighted by molar-refractivity contribution is 7.47. The number of hydrogen-bond donors (Lipinski definition) is 2. The fraction of sp³-hybridized carbons (Fsp3) is 0.909. The van der Waals surface area contributed by atoms with Gasteiger partial charge >= 0.3 is 13.8 Å². The van der Waals surface area contributed by atoms with Gasteiger partial charge in [-0.05, 0) is 0 Å². The standard InChI is InChI=1S/C11H24NO7P/c1-5-11(14)19-10(8-13)9-18-20(15,16)17-7-6-12(2,3)4/h10,13H,5-9H2,1-4H3/p+1/t10-/m0/s1. The molecule has 0 aliphatic heterocycles. The normalized spacial score (nSPS) is 16.5. The summed E-state index contributed by atoms with van der Waals surface area (Å²) >= 11 is 0. The third-order valence-electron chi connectivity index (χ3n) is 2.23. The zero-order valence-electron chi connectivity index (χ0n) is 12.4. The summed E-state index contributed by atoms with van der Waals surface area (Å²) in [5, 5.41) is 8.98. The van der Waals surface area contributed by atoms with Gasteiger partial charge in [0, 0.05) is 6.42 Å². The van der Waals surface area contributed by atoms with Crippen LogP contribution in [0.2, 0.25) is 0 Å². The highest BCUT2D eigenvalue weighted by Gasteiger charge is 2.25. The summed E-state index contributed by atoms with van der Waals surface area (Å²) < 4.78 is 26.4. The van der Waals surface area contributed by atoms with Crippen LogP contribution in [0, 0.1) is 0 Å². The zero-order chi connectivity index (χ0) is 15.8. The molecular weight excluding hydrogens is 289 g/mol. The summed E-state index contributed by atoms with van der Waals surface area (Å²) in [6.07, 6.45) is -0.835. The van der Waals surface area contributed by atoms with Crippen LogP contribution in [0.4, 0.5) is 0 Å². The molecule has 0 bridgehead atoms. The fourth-order valence-electron chi connectivity index (χ4n) is 1.04. The van der Waals surface area contributed by atoms with Gasteiger partial charge in [-0.25, -0.2) is 4.57 Å². The molecule has 2 N–H and O–H groups in total. The van der Waals surface area contributed by atoms with Crippen molar-refractivity contribution in [3.05, 3.63) is 0 Å². The molecule has 0 fully saturated rings. The van der Waals surface area contributed by atoms with E-state index in [4.69, 9.17) is 14.4 Å². The van der Waals surface area contributed by atoms with E-state index in [0.717, 1.165) is 0 Å². The molecule has 0 saturated carbocycles. The van der Waals surface area contributed by atoms with Gasteiger partial charge in [-0.1, -0.05) is 6.92 Å². The molecule has 0 aliphatic rings. The van der Waals surface area contributed by atoms with Crippen LogP contribution in [0.1, 0.15) is 13.3 Å². The van der Waals surface area contributed by atoms with Gasteiger partial charge in [0.1, 0.15) is 19.3 Å². The molecule has 0 aromatic carbocycles. The average molecular weight is 314 g/mol. The Hall–Kier alpha value is -0.500. The lowest BCUT2D eigenvalue weighted by Gasteiger charge is -2.24. The van der Waals surface area contributed by atoms with E-state index in [1.165, 1.54) is 0 Å². The molecule has 1 unspecified atom stereocenters. The van der Waals surface area contributed by atoms with Gasteiger partial charge in [-0.2, -0.15) is 0 Å². The molecule has 0 heterocycles. The largest absolute Gasteiger partial charge is 0.472 e. The first kappa shape index (κ1) is 19.5. The molecular formula is C11H25NO7P+. The maximum atomic E-state index is 11.6. The van der Waals surface area contributed by atoms with Gasteiger partial charge in [-0.3, -0.25) is 13.8 Å². The lowest BCUT2D eigenvalue weighted by molar-refractivity contribution is -0.870. The molecule has 9 heteroatoms. The second kappa shape index (κ2) is 8.71. The van der Waals surface area contributed by atoms with E-state index in [1.54, 1.807) is 6.92 Å². The van der Waals surface area contributed by atoms with Crippen molar-refractivity contribution in [1.29, 1.82) is 0 Å². The van der Waals surface area contributed by atoms with Gasteiger partial charge in [-0.15, -0.1) is 0 Å². The topological polar surface area (TPSA) is 102 Å². The Kier molecular flexibility index (Phi) is 8.50. The predicted molar refractivity (Wildman–Crippen MR) is 71.9 cm³/mol. The third-order valence-corrected chi connectivity index (χ3v) is 3.21. The molecule has 0 aliphatic carbocycles. The zero-order valence-corrected chi connectivity index (χ0v) is 13.3. The highest BCUT2D eigenvalue weighted by atomic mass is 31.2. The number of aliphatic hydroxyl groups is 1. The molecule has 20 heavy (non-hydrogen) atoms. The van der Waals surface area contributed by atoms with Crippen LogP contribution in [-0.2, 0) is 23.1 Å². The van der Waals surface area contributed by atoms with Crippen LogP contribution >= 0.6 is 7.82 Å². The smallest absolute Gasteiger partial charge is 0.457 e. The van der Waals surface area contributed by atoms with Crippen molar-refractivity contribution in [2.45, 2.75) is 19.4 Å². The van der Waals surface area contributed by atoms with Crippen LogP contribution in [0.15, 0.2) is 0 Å². The molecule has 0 radical (unpaired) electrons. The number of nitrogens with zero attached hydrogens (tertiary/aromatic N) is 1. The summed E-state index contributed by atoms with van der Waals surface area (Å²) in [7, 11) is 1.54. The van der Waals surface area contributed by atoms with Gasteiger partial charge in [0.2, 0.25) is 0 Å². The van der Waals surface area contributed by atoms with E-state index in [2.05, 4.69) is 4.52 Å². The minimum atomic E-state index is -4.21. The molecule has 0 spiro atoms. The minimum Gasteiger partial charge on any atom is -0.457 e. The average Bonchev–Trinajstić information content (AvgIpc) is 2.32. The summed E-state index contributed by atoms with van der Waals surface area (Å²) in [5.41, 5.74) is 0. The van der Waals surface area contributed by atoms with Crippen LogP contribution in [0.5, 0.6) is 0 Å². The van der Waals surface area contributed by atoms with Crippen molar-refractivity contribution in [3.63, 3.8) is 0 Å². The number of rotatable bonds is 10. The number of hydrogen-bond acceptors (Lipinski definition) is 6. The van der Waals surface area contributed by atoms with Crippen LogP contribution in [0.25, 0.3) is 0 Å². The Morgan fingerprint density at radius 3 is 2.35 bits per heavy atom. The summed E-state index contributed by atoms with van der Waals surface area (Å²) in [5.74, 6) is -0.522. The van der Waals surface area contributed by atoms with E-state index < -0.39 is 33.1 Å². The van der Waals surface area contributed by atoms with Gasteiger partial charge < -0.3 is 19.2 Å². The first-order chi connectivity index (χ1) is 9.09. The second-order valence-corrected chi connectivity index (χ2v) is 6.71. The highest BCUT2D eigenvalue weighted by Crippen LogP contribution is 2.43. The number of carbonyl (C=O) groups excluding carboxylic acids is 1. The van der Waals surface area contributed by atoms with Crippen molar-refractivity contribution >= 4 is 13.8 Å². The van der Waals surface area contributed by atoms with Gasteiger partial charge in [0.25, 0.3) is 0 Å². The number of esters is 1. The van der Waals surface area contributed by atoms with Gasteiger partial charge in [0.05, 0.1) is 34.4 Å². The predicted octanol–water partition coefficient (Wildman–Crippen LogP) is 0.140. The fourth-order valence-corrected chi connectivity index (χ4v) is 1.78. The quantitative estimate of drug-likeness (QED) is 0.336. The maximum absolute atomic E-state index is 11.6. The Balaban J connectivity index is 4.12. The number of likely N-dealkylation sites (N-methyl/N-ethyl adjacent to an activating group) is 1. The Morgan fingerprint density at radius 2 is 1.90 bits per heavy atom. The molecule has 0 saturated heterocycles. The van der Waals surface area contributed by atoms with E-state index >= 15 is 0 Å². The number of carbonyl (C=O) groups is 1. The second-order valence-electron chi connectivity index (χ2n) is 5.26. The lowest BCUT2D eigenvalue weighted by Crippen LogP contribution is -2.37. The first-order valence-corrected chi connectivity index (χ1v) is 7.82. The Labute approximate surface area is 119 Å². The number of quaternary nitrogens is 1. The third kappa shape index (κ3) is 10.3. The van der Waals surface area contributed by atoms with Crippen molar-refractivity contribution in [3.8, 4) is 0 Å². The lowest BCUT2D eigenvalue weighted by atomic mass is 10.4. The monoisotopic (exact) mass is 314 g/mol. The van der Waals surface area contributed by atoms with Crippen molar-refractivity contribution in [2.75, 3.05) is 47.5 Å². The minimum absolute atomic E-state index is 0.0514. The maximum Gasteiger partial charge on any atom is 0.472 e. The first-order valence-electron chi connectivity index (χ1n) is 6.32. The molecule has 8 nitrogen and oxygen atoms in total. The number of phosphoric acid groups is 1. The molecule has 0 aromatic rings. The number of phosphoric ester groups is 1.